The average Bonchev–Trinajstić information content (AvgIpc) is 1.62. The molecule has 0 unspecified atom stereocenters. The summed E-state index contributed by atoms with van der Waals surface area (Å²) in [4.78, 5) is 18.6. The van der Waals surface area contributed by atoms with Gasteiger partial charge in [-0.1, -0.05) is 11.6 Å². The molecular formula is C4H11ClNO3P. The molecular weight excluding hydrogens is 176 g/mol. The van der Waals surface area contributed by atoms with Crippen LogP contribution in [-0.4, -0.2) is 33.5 Å². The Morgan fingerprint density at radius 2 is 1.80 bits per heavy atom. The zero-order valence-electron chi connectivity index (χ0n) is 6.08. The van der Waals surface area contributed by atoms with Crippen molar-refractivity contribution in [3.8, 4) is 0 Å². The van der Waals surface area contributed by atoms with Gasteiger partial charge in [0.2, 0.25) is 0 Å². The van der Waals surface area contributed by atoms with Crippen molar-refractivity contribution in [1.29, 1.82) is 0 Å². The van der Waals surface area contributed by atoms with Gasteiger partial charge in [0, 0.05) is 0 Å². The van der Waals surface area contributed by atoms with Crippen LogP contribution in [-0.2, 0) is 4.57 Å². The van der Waals surface area contributed by atoms with Gasteiger partial charge in [0.15, 0.2) is 4.74 Å². The van der Waals surface area contributed by atoms with Crippen LogP contribution >= 0.6 is 19.2 Å². The molecule has 0 aliphatic heterocycles. The first kappa shape index (κ1) is 10.4. The Morgan fingerprint density at radius 3 is 1.80 bits per heavy atom. The van der Waals surface area contributed by atoms with Crippen molar-refractivity contribution >= 4 is 19.2 Å². The minimum atomic E-state index is -4.23. The number of rotatable bonds is 2. The fourth-order valence-electron chi connectivity index (χ4n) is 0.261. The SMILES string of the molecule is CN(C)[C@@](C)(Cl)P(=O)(O)O. The third-order valence-corrected chi connectivity index (χ3v) is 3.81. The van der Waals surface area contributed by atoms with E-state index in [1.807, 2.05) is 0 Å². The molecule has 0 aromatic heterocycles. The topological polar surface area (TPSA) is 60.8 Å². The summed E-state index contributed by atoms with van der Waals surface area (Å²) < 4.78 is 9.02. The Bertz CT molecular complexity index is 164. The first-order chi connectivity index (χ1) is 4.19. The maximum absolute atomic E-state index is 10.6. The molecule has 0 aliphatic rings. The predicted octanol–water partition coefficient (Wildman–Crippen LogP) is 0.638. The lowest BCUT2D eigenvalue weighted by Gasteiger charge is -2.29. The second-order valence-corrected chi connectivity index (χ2v) is 5.30. The first-order valence-electron chi connectivity index (χ1n) is 2.61. The van der Waals surface area contributed by atoms with Crippen LogP contribution in [0.1, 0.15) is 6.92 Å². The molecule has 10 heavy (non-hydrogen) atoms. The molecule has 0 fully saturated rings. The second kappa shape index (κ2) is 2.80. The summed E-state index contributed by atoms with van der Waals surface area (Å²) >= 11 is 5.51. The number of hydrogen-bond donors (Lipinski definition) is 2. The number of alkyl halides is 1. The summed E-state index contributed by atoms with van der Waals surface area (Å²) in [6.07, 6.45) is 0. The first-order valence-corrected chi connectivity index (χ1v) is 4.60. The molecule has 0 saturated carbocycles. The highest BCUT2D eigenvalue weighted by molar-refractivity contribution is 7.55. The summed E-state index contributed by atoms with van der Waals surface area (Å²) in [5.74, 6) is 0. The van der Waals surface area contributed by atoms with E-state index in [1.165, 1.54) is 25.9 Å². The zero-order chi connectivity index (χ0) is 8.58. The fraction of sp³-hybridized carbons (Fsp3) is 1.00. The Labute approximate surface area is 64.9 Å². The highest BCUT2D eigenvalue weighted by Gasteiger charge is 2.42. The van der Waals surface area contributed by atoms with Gasteiger partial charge in [-0.25, -0.2) is 0 Å². The molecule has 0 aliphatic carbocycles. The van der Waals surface area contributed by atoms with Crippen molar-refractivity contribution in [3.63, 3.8) is 0 Å². The number of halogens is 1. The Hall–Kier alpha value is 0.400. The van der Waals surface area contributed by atoms with Gasteiger partial charge in [0.05, 0.1) is 0 Å². The highest BCUT2D eigenvalue weighted by Crippen LogP contribution is 2.53. The summed E-state index contributed by atoms with van der Waals surface area (Å²) in [6, 6.07) is 0. The van der Waals surface area contributed by atoms with Gasteiger partial charge < -0.3 is 9.79 Å². The van der Waals surface area contributed by atoms with Crippen LogP contribution in [0, 0.1) is 0 Å². The van der Waals surface area contributed by atoms with Crippen LogP contribution < -0.4 is 0 Å². The lowest BCUT2D eigenvalue weighted by Crippen LogP contribution is -2.35. The summed E-state index contributed by atoms with van der Waals surface area (Å²) in [6.45, 7) is 1.27. The summed E-state index contributed by atoms with van der Waals surface area (Å²) in [7, 11) is -1.22. The third kappa shape index (κ3) is 1.94. The summed E-state index contributed by atoms with van der Waals surface area (Å²) in [5.41, 5.74) is 0. The van der Waals surface area contributed by atoms with Crippen molar-refractivity contribution in [1.82, 2.24) is 4.90 Å². The fourth-order valence-corrected chi connectivity index (χ4v) is 0.782. The molecule has 0 aromatic rings. The van der Waals surface area contributed by atoms with Gasteiger partial charge >= 0.3 is 7.60 Å². The van der Waals surface area contributed by atoms with Crippen molar-refractivity contribution in [2.75, 3.05) is 14.1 Å². The Morgan fingerprint density at radius 1 is 1.50 bits per heavy atom. The number of hydrogen-bond acceptors (Lipinski definition) is 2. The van der Waals surface area contributed by atoms with Crippen LogP contribution in [0.25, 0.3) is 0 Å². The Kier molecular flexibility index (Phi) is 2.91. The molecule has 0 rings (SSSR count). The lowest BCUT2D eigenvalue weighted by molar-refractivity contribution is 0.269. The molecule has 0 heterocycles. The third-order valence-electron chi connectivity index (χ3n) is 1.35. The van der Waals surface area contributed by atoms with E-state index < -0.39 is 12.3 Å². The molecule has 62 valence electrons. The van der Waals surface area contributed by atoms with E-state index in [4.69, 9.17) is 21.4 Å². The average molecular weight is 188 g/mol. The second-order valence-electron chi connectivity index (χ2n) is 2.34. The normalized spacial score (nSPS) is 19.1. The molecule has 0 aromatic carbocycles. The Balaban J connectivity index is 4.58. The maximum Gasteiger partial charge on any atom is 0.360 e. The van der Waals surface area contributed by atoms with Crippen molar-refractivity contribution in [2.24, 2.45) is 0 Å². The van der Waals surface area contributed by atoms with E-state index in [0.29, 0.717) is 0 Å². The van der Waals surface area contributed by atoms with Crippen molar-refractivity contribution in [2.45, 2.75) is 11.7 Å². The minimum absolute atomic E-state index is 1.27. The molecule has 2 N–H and O–H groups in total. The van der Waals surface area contributed by atoms with Gasteiger partial charge in [0.25, 0.3) is 0 Å². The van der Waals surface area contributed by atoms with Crippen LogP contribution in [0.4, 0.5) is 0 Å². The van der Waals surface area contributed by atoms with E-state index in [1.54, 1.807) is 0 Å². The largest absolute Gasteiger partial charge is 0.360 e. The molecule has 6 heteroatoms. The molecule has 0 radical (unpaired) electrons. The lowest BCUT2D eigenvalue weighted by atomic mass is 10.7. The van der Waals surface area contributed by atoms with Gasteiger partial charge in [0.1, 0.15) is 0 Å². The molecule has 0 spiro atoms. The minimum Gasteiger partial charge on any atom is -0.322 e. The highest BCUT2D eigenvalue weighted by atomic mass is 35.5. The van der Waals surface area contributed by atoms with Crippen LogP contribution in [0.2, 0.25) is 0 Å². The van der Waals surface area contributed by atoms with E-state index >= 15 is 0 Å². The van der Waals surface area contributed by atoms with E-state index in [0.717, 1.165) is 0 Å². The van der Waals surface area contributed by atoms with Gasteiger partial charge in [-0.2, -0.15) is 0 Å². The van der Waals surface area contributed by atoms with Crippen LogP contribution in [0.15, 0.2) is 0 Å². The van der Waals surface area contributed by atoms with Crippen molar-refractivity contribution in [3.05, 3.63) is 0 Å². The molecule has 0 saturated heterocycles. The van der Waals surface area contributed by atoms with Gasteiger partial charge in [-0.3, -0.25) is 9.46 Å². The monoisotopic (exact) mass is 187 g/mol. The maximum atomic E-state index is 10.6. The van der Waals surface area contributed by atoms with Gasteiger partial charge in [-0.15, -0.1) is 0 Å². The van der Waals surface area contributed by atoms with E-state index in [2.05, 4.69) is 0 Å². The van der Waals surface area contributed by atoms with Crippen LogP contribution in [0.3, 0.4) is 0 Å². The molecule has 0 amide bonds. The zero-order valence-corrected chi connectivity index (χ0v) is 7.73. The predicted molar refractivity (Wildman–Crippen MR) is 40.0 cm³/mol. The molecule has 4 nitrogen and oxygen atoms in total. The van der Waals surface area contributed by atoms with Crippen molar-refractivity contribution < 1.29 is 14.4 Å². The molecule has 0 bridgehead atoms. The quantitative estimate of drug-likeness (QED) is 0.378. The van der Waals surface area contributed by atoms with E-state index in [-0.39, 0.29) is 0 Å². The summed E-state index contributed by atoms with van der Waals surface area (Å²) in [5, 5.41) is 0. The van der Waals surface area contributed by atoms with E-state index in [9.17, 15) is 4.57 Å². The standard InChI is InChI=1S/C4H11ClNO3P/c1-4(5,6(2)3)10(7,8)9/h1-3H3,(H2,7,8,9)/t4-/m1/s1. The molecule has 1 atom stereocenters. The van der Waals surface area contributed by atoms with Crippen LogP contribution in [0.5, 0.6) is 0 Å². The number of nitrogens with zero attached hydrogens (tertiary/aromatic N) is 1. The smallest absolute Gasteiger partial charge is 0.322 e. The van der Waals surface area contributed by atoms with Gasteiger partial charge in [-0.05, 0) is 21.0 Å².